The van der Waals surface area contributed by atoms with Crippen LogP contribution in [-0.4, -0.2) is 10.7 Å². The van der Waals surface area contributed by atoms with Crippen molar-refractivity contribution in [1.82, 2.24) is 0 Å². The summed E-state index contributed by atoms with van der Waals surface area (Å²) in [5.41, 5.74) is 1.83. The maximum atomic E-state index is 12.0. The number of nitro groups is 1. The number of nitro benzene ring substituents is 1. The summed E-state index contributed by atoms with van der Waals surface area (Å²) >= 11 is 0. The van der Waals surface area contributed by atoms with Gasteiger partial charge in [-0.05, 0) is 23.8 Å². The maximum Gasteiger partial charge on any atom is 0.276 e. The van der Waals surface area contributed by atoms with Gasteiger partial charge >= 0.3 is 0 Å². The van der Waals surface area contributed by atoms with Crippen molar-refractivity contribution in [1.29, 1.82) is 0 Å². The lowest BCUT2D eigenvalue weighted by atomic mass is 10.1. The first-order valence-corrected chi connectivity index (χ1v) is 6.30. The van der Waals surface area contributed by atoms with Crippen LogP contribution in [0.3, 0.4) is 0 Å². The third-order valence-corrected chi connectivity index (χ3v) is 2.98. The van der Waals surface area contributed by atoms with Crippen LogP contribution < -0.4 is 0 Å². The van der Waals surface area contributed by atoms with Crippen LogP contribution in [0.15, 0.2) is 61.2 Å². The van der Waals surface area contributed by atoms with Crippen LogP contribution in [0.2, 0.25) is 0 Å². The van der Waals surface area contributed by atoms with Gasteiger partial charge in [0.15, 0.2) is 5.78 Å². The number of carbonyl (C=O) groups is 1. The Bertz CT molecular complexity index is 715. The van der Waals surface area contributed by atoms with Crippen LogP contribution in [0.1, 0.15) is 21.5 Å². The van der Waals surface area contributed by atoms with Crippen LogP contribution in [0.25, 0.3) is 12.2 Å². The lowest BCUT2D eigenvalue weighted by Crippen LogP contribution is -1.95. The summed E-state index contributed by atoms with van der Waals surface area (Å²) in [6.07, 6.45) is 4.49. The van der Waals surface area contributed by atoms with Crippen LogP contribution in [0.4, 0.5) is 5.69 Å². The van der Waals surface area contributed by atoms with Crippen molar-refractivity contribution in [3.63, 3.8) is 0 Å². The number of hydrogen-bond acceptors (Lipinski definition) is 3. The minimum absolute atomic E-state index is 0.0245. The molecule has 0 unspecified atom stereocenters. The highest BCUT2D eigenvalue weighted by molar-refractivity contribution is 6.07. The first kappa shape index (κ1) is 14.4. The van der Waals surface area contributed by atoms with E-state index in [9.17, 15) is 14.9 Å². The van der Waals surface area contributed by atoms with E-state index in [0.717, 1.165) is 5.56 Å². The van der Waals surface area contributed by atoms with Crippen LogP contribution >= 0.6 is 0 Å². The highest BCUT2D eigenvalue weighted by Gasteiger charge is 2.10. The van der Waals surface area contributed by atoms with Gasteiger partial charge in [0, 0.05) is 11.6 Å². The van der Waals surface area contributed by atoms with Crippen molar-refractivity contribution in [2.75, 3.05) is 0 Å². The number of rotatable bonds is 5. The maximum absolute atomic E-state index is 12.0. The van der Waals surface area contributed by atoms with E-state index in [1.165, 1.54) is 18.2 Å². The molecule has 0 radical (unpaired) electrons. The van der Waals surface area contributed by atoms with Crippen molar-refractivity contribution < 1.29 is 9.72 Å². The Morgan fingerprint density at radius 3 is 2.38 bits per heavy atom. The molecule has 0 aliphatic carbocycles. The number of para-hydroxylation sites is 1. The summed E-state index contributed by atoms with van der Waals surface area (Å²) in [6, 6.07) is 13.3. The molecule has 0 aliphatic heterocycles. The molecule has 0 aromatic heterocycles. The number of benzene rings is 2. The highest BCUT2D eigenvalue weighted by atomic mass is 16.6. The molecule has 0 bridgehead atoms. The van der Waals surface area contributed by atoms with Crippen LogP contribution in [0, 0.1) is 10.1 Å². The molecule has 0 spiro atoms. The van der Waals surface area contributed by atoms with Gasteiger partial charge in [-0.15, -0.1) is 0 Å². The fourth-order valence-electron chi connectivity index (χ4n) is 1.84. The number of carbonyl (C=O) groups excluding carboxylic acids is 1. The normalized spacial score (nSPS) is 10.5. The summed E-state index contributed by atoms with van der Waals surface area (Å²) in [6.45, 7) is 3.64. The lowest BCUT2D eigenvalue weighted by molar-refractivity contribution is -0.385. The quantitative estimate of drug-likeness (QED) is 0.358. The molecule has 0 saturated heterocycles. The molecule has 0 saturated carbocycles. The van der Waals surface area contributed by atoms with E-state index in [0.29, 0.717) is 11.1 Å². The monoisotopic (exact) mass is 279 g/mol. The molecule has 4 nitrogen and oxygen atoms in total. The molecule has 104 valence electrons. The van der Waals surface area contributed by atoms with E-state index in [1.807, 2.05) is 0 Å². The SMILES string of the molecule is C=Cc1ccc(C(=O)/C=C/c2ccccc2[N+](=O)[O-])cc1. The average Bonchev–Trinajstić information content (AvgIpc) is 2.52. The lowest BCUT2D eigenvalue weighted by Gasteiger charge is -1.98. The van der Waals surface area contributed by atoms with Gasteiger partial charge in [0.25, 0.3) is 5.69 Å². The molecule has 0 fully saturated rings. The van der Waals surface area contributed by atoms with Gasteiger partial charge in [0.1, 0.15) is 0 Å². The summed E-state index contributed by atoms with van der Waals surface area (Å²) in [5.74, 6) is -0.205. The van der Waals surface area contributed by atoms with Crippen LogP contribution in [0.5, 0.6) is 0 Å². The number of nitrogens with zero attached hydrogens (tertiary/aromatic N) is 1. The third-order valence-electron chi connectivity index (χ3n) is 2.98. The van der Waals surface area contributed by atoms with Gasteiger partial charge in [-0.1, -0.05) is 49.1 Å². The van der Waals surface area contributed by atoms with E-state index in [1.54, 1.807) is 48.5 Å². The van der Waals surface area contributed by atoms with Crippen molar-refractivity contribution in [2.24, 2.45) is 0 Å². The van der Waals surface area contributed by atoms with E-state index in [2.05, 4.69) is 6.58 Å². The predicted molar refractivity (Wildman–Crippen MR) is 83.0 cm³/mol. The number of hydrogen-bond donors (Lipinski definition) is 0. The minimum Gasteiger partial charge on any atom is -0.289 e. The zero-order chi connectivity index (χ0) is 15.2. The Morgan fingerprint density at radius 1 is 1.10 bits per heavy atom. The third kappa shape index (κ3) is 3.51. The van der Waals surface area contributed by atoms with E-state index in [-0.39, 0.29) is 11.5 Å². The Balaban J connectivity index is 2.22. The molecular weight excluding hydrogens is 266 g/mol. The second kappa shape index (κ2) is 6.43. The predicted octanol–water partition coefficient (Wildman–Crippen LogP) is 4.13. The fraction of sp³-hybridized carbons (Fsp3) is 0. The molecule has 2 aromatic carbocycles. The second-order valence-corrected chi connectivity index (χ2v) is 4.34. The standard InChI is InChI=1S/C17H13NO3/c1-2-13-7-9-15(10-8-13)17(19)12-11-14-5-3-4-6-16(14)18(20)21/h2-12H,1H2/b12-11+. The minimum atomic E-state index is -0.469. The largest absolute Gasteiger partial charge is 0.289 e. The van der Waals surface area contributed by atoms with Gasteiger partial charge in [-0.25, -0.2) is 0 Å². The Morgan fingerprint density at radius 2 is 1.76 bits per heavy atom. The smallest absolute Gasteiger partial charge is 0.276 e. The van der Waals surface area contributed by atoms with Gasteiger partial charge in [0.2, 0.25) is 0 Å². The van der Waals surface area contributed by atoms with Gasteiger partial charge < -0.3 is 0 Å². The van der Waals surface area contributed by atoms with Crippen molar-refractivity contribution in [2.45, 2.75) is 0 Å². The Hall–Kier alpha value is -3.01. The molecule has 21 heavy (non-hydrogen) atoms. The Kier molecular flexibility index (Phi) is 4.41. The molecule has 0 aliphatic rings. The van der Waals surface area contributed by atoms with Crippen molar-refractivity contribution in [3.8, 4) is 0 Å². The van der Waals surface area contributed by atoms with E-state index >= 15 is 0 Å². The molecule has 4 heteroatoms. The van der Waals surface area contributed by atoms with Crippen molar-refractivity contribution >= 4 is 23.6 Å². The first-order chi connectivity index (χ1) is 10.1. The average molecular weight is 279 g/mol. The summed E-state index contributed by atoms with van der Waals surface area (Å²) in [7, 11) is 0. The Labute approximate surface area is 122 Å². The summed E-state index contributed by atoms with van der Waals surface area (Å²) < 4.78 is 0. The fourth-order valence-corrected chi connectivity index (χ4v) is 1.84. The number of allylic oxidation sites excluding steroid dienone is 1. The molecular formula is C17H13NO3. The highest BCUT2D eigenvalue weighted by Crippen LogP contribution is 2.19. The zero-order valence-electron chi connectivity index (χ0n) is 11.2. The molecule has 2 aromatic rings. The van der Waals surface area contributed by atoms with Gasteiger partial charge in [0.05, 0.1) is 10.5 Å². The zero-order valence-corrected chi connectivity index (χ0v) is 11.2. The number of ketones is 1. The summed E-state index contributed by atoms with van der Waals surface area (Å²) in [5, 5.41) is 10.9. The van der Waals surface area contributed by atoms with E-state index in [4.69, 9.17) is 0 Å². The first-order valence-electron chi connectivity index (χ1n) is 6.30. The molecule has 0 N–H and O–H groups in total. The van der Waals surface area contributed by atoms with Gasteiger partial charge in [-0.2, -0.15) is 0 Å². The van der Waals surface area contributed by atoms with Crippen molar-refractivity contribution in [3.05, 3.63) is 88.0 Å². The van der Waals surface area contributed by atoms with Crippen LogP contribution in [-0.2, 0) is 0 Å². The molecule has 0 heterocycles. The summed E-state index contributed by atoms with van der Waals surface area (Å²) in [4.78, 5) is 22.4. The van der Waals surface area contributed by atoms with E-state index < -0.39 is 4.92 Å². The topological polar surface area (TPSA) is 60.2 Å². The molecule has 0 atom stereocenters. The van der Waals surface area contributed by atoms with Gasteiger partial charge in [-0.3, -0.25) is 14.9 Å². The molecule has 2 rings (SSSR count). The molecule has 0 amide bonds. The second-order valence-electron chi connectivity index (χ2n) is 4.34.